The van der Waals surface area contributed by atoms with Crippen LogP contribution in [0.4, 0.5) is 8.78 Å². The van der Waals surface area contributed by atoms with E-state index >= 15 is 0 Å². The Labute approximate surface area is 107 Å². The number of sulfonamides is 1. The molecule has 1 aromatic carbocycles. The van der Waals surface area contributed by atoms with Crippen LogP contribution in [-0.4, -0.2) is 37.2 Å². The van der Waals surface area contributed by atoms with Crippen LogP contribution in [-0.2, 0) is 10.0 Å². The quantitative estimate of drug-likeness (QED) is 0.726. The van der Waals surface area contributed by atoms with E-state index in [1.165, 1.54) is 6.92 Å². The minimum atomic E-state index is -4.45. The molecule has 0 aliphatic heterocycles. The van der Waals surface area contributed by atoms with Crippen molar-refractivity contribution in [2.24, 2.45) is 0 Å². The lowest BCUT2D eigenvalue weighted by atomic mass is 10.2. The third-order valence-corrected chi connectivity index (χ3v) is 3.52. The molecule has 9 heteroatoms. The van der Waals surface area contributed by atoms with Crippen LogP contribution in [0.2, 0.25) is 0 Å². The van der Waals surface area contributed by atoms with Gasteiger partial charge in [-0.25, -0.2) is 26.7 Å². The van der Waals surface area contributed by atoms with Crippen molar-refractivity contribution in [1.29, 1.82) is 0 Å². The molecule has 19 heavy (non-hydrogen) atoms. The van der Waals surface area contributed by atoms with Crippen molar-refractivity contribution in [3.8, 4) is 0 Å². The predicted molar refractivity (Wildman–Crippen MR) is 60.2 cm³/mol. The Morgan fingerprint density at radius 3 is 2.47 bits per heavy atom. The van der Waals surface area contributed by atoms with Crippen molar-refractivity contribution in [3.63, 3.8) is 0 Å². The number of benzene rings is 1. The first kappa shape index (κ1) is 15.5. The van der Waals surface area contributed by atoms with E-state index in [1.807, 2.05) is 4.72 Å². The molecule has 0 aliphatic rings. The van der Waals surface area contributed by atoms with Crippen LogP contribution in [0.15, 0.2) is 17.0 Å². The Morgan fingerprint density at radius 1 is 1.42 bits per heavy atom. The lowest BCUT2D eigenvalue weighted by Crippen LogP contribution is -2.31. The van der Waals surface area contributed by atoms with E-state index < -0.39 is 50.7 Å². The van der Waals surface area contributed by atoms with Gasteiger partial charge in [-0.2, -0.15) is 0 Å². The molecule has 0 heterocycles. The third-order valence-electron chi connectivity index (χ3n) is 2.10. The first-order valence-electron chi connectivity index (χ1n) is 5.05. The zero-order valence-electron chi connectivity index (χ0n) is 9.72. The van der Waals surface area contributed by atoms with Crippen molar-refractivity contribution in [2.45, 2.75) is 17.9 Å². The van der Waals surface area contributed by atoms with Crippen LogP contribution in [0.1, 0.15) is 17.3 Å². The molecule has 0 fully saturated rings. The van der Waals surface area contributed by atoms with Crippen LogP contribution in [0.3, 0.4) is 0 Å². The number of aromatic carboxylic acids is 1. The number of hydrogen-bond donors (Lipinski definition) is 3. The molecule has 1 aromatic rings. The molecule has 0 radical (unpaired) electrons. The van der Waals surface area contributed by atoms with Crippen LogP contribution >= 0.6 is 0 Å². The molecule has 1 rings (SSSR count). The fourth-order valence-electron chi connectivity index (χ4n) is 1.19. The summed E-state index contributed by atoms with van der Waals surface area (Å²) in [6.07, 6.45) is -1.04. The first-order chi connectivity index (χ1) is 8.65. The summed E-state index contributed by atoms with van der Waals surface area (Å²) in [4.78, 5) is 9.55. The molecule has 0 spiro atoms. The van der Waals surface area contributed by atoms with Crippen LogP contribution < -0.4 is 4.72 Å². The number of carbonyl (C=O) groups is 1. The summed E-state index contributed by atoms with van der Waals surface area (Å²) in [5.74, 6) is -4.86. The molecular weight excluding hydrogens is 284 g/mol. The fraction of sp³-hybridized carbons (Fsp3) is 0.300. The highest BCUT2D eigenvalue weighted by Gasteiger charge is 2.24. The van der Waals surface area contributed by atoms with Gasteiger partial charge in [0, 0.05) is 6.54 Å². The number of aliphatic hydroxyl groups is 1. The van der Waals surface area contributed by atoms with E-state index in [-0.39, 0.29) is 0 Å². The Kier molecular flexibility index (Phi) is 4.56. The maximum Gasteiger partial charge on any atom is 0.335 e. The lowest BCUT2D eigenvalue weighted by molar-refractivity contribution is 0.0696. The molecule has 106 valence electrons. The standard InChI is InChI=1S/C10H11F2NO5S/c1-5(14)4-13-19(17,18)8-3-6(10(15)16)2-7(11)9(8)12/h2-3,5,13-14H,4H2,1H3,(H,15,16)/t5-/m0/s1. The molecule has 6 nitrogen and oxygen atoms in total. The number of aliphatic hydroxyl groups excluding tert-OH is 1. The normalized spacial score (nSPS) is 13.3. The number of carboxylic acids is 1. The van der Waals surface area contributed by atoms with E-state index in [4.69, 9.17) is 10.2 Å². The first-order valence-corrected chi connectivity index (χ1v) is 6.53. The Balaban J connectivity index is 3.29. The Bertz CT molecular complexity index is 600. The Hall–Kier alpha value is -1.58. The van der Waals surface area contributed by atoms with Gasteiger partial charge in [0.05, 0.1) is 11.7 Å². The van der Waals surface area contributed by atoms with Gasteiger partial charge in [0.25, 0.3) is 0 Å². The lowest BCUT2D eigenvalue weighted by Gasteiger charge is -2.10. The summed E-state index contributed by atoms with van der Waals surface area (Å²) in [6, 6.07) is 0.885. The van der Waals surface area contributed by atoms with E-state index in [0.717, 1.165) is 0 Å². The molecule has 0 aromatic heterocycles. The van der Waals surface area contributed by atoms with Gasteiger partial charge in [-0.05, 0) is 19.1 Å². The molecule has 1 atom stereocenters. The molecule has 0 saturated carbocycles. The molecule has 0 unspecified atom stereocenters. The number of halogens is 2. The number of hydrogen-bond acceptors (Lipinski definition) is 4. The van der Waals surface area contributed by atoms with Gasteiger partial charge in [0.15, 0.2) is 11.6 Å². The minimum Gasteiger partial charge on any atom is -0.478 e. The fourth-order valence-corrected chi connectivity index (χ4v) is 2.42. The highest BCUT2D eigenvalue weighted by atomic mass is 32.2. The SMILES string of the molecule is C[C@H](O)CNS(=O)(=O)c1cc(C(=O)O)cc(F)c1F. The number of rotatable bonds is 5. The second-order valence-corrected chi connectivity index (χ2v) is 5.51. The van der Waals surface area contributed by atoms with E-state index in [9.17, 15) is 22.0 Å². The van der Waals surface area contributed by atoms with E-state index in [2.05, 4.69) is 0 Å². The highest BCUT2D eigenvalue weighted by Crippen LogP contribution is 2.19. The summed E-state index contributed by atoms with van der Waals surface area (Å²) in [6.45, 7) is 0.869. The second-order valence-electron chi connectivity index (χ2n) is 3.78. The van der Waals surface area contributed by atoms with E-state index in [1.54, 1.807) is 0 Å². The van der Waals surface area contributed by atoms with E-state index in [0.29, 0.717) is 12.1 Å². The Morgan fingerprint density at radius 2 is 2.00 bits per heavy atom. The van der Waals surface area contributed by atoms with Crippen LogP contribution in [0.25, 0.3) is 0 Å². The minimum absolute atomic E-state index is 0.380. The summed E-state index contributed by atoms with van der Waals surface area (Å²) in [5, 5.41) is 17.6. The highest BCUT2D eigenvalue weighted by molar-refractivity contribution is 7.89. The topological polar surface area (TPSA) is 104 Å². The molecule has 0 amide bonds. The van der Waals surface area contributed by atoms with Gasteiger partial charge in [0.2, 0.25) is 10.0 Å². The third kappa shape index (κ3) is 3.69. The van der Waals surface area contributed by atoms with Gasteiger partial charge in [-0.3, -0.25) is 0 Å². The van der Waals surface area contributed by atoms with Crippen molar-refractivity contribution in [3.05, 3.63) is 29.3 Å². The van der Waals surface area contributed by atoms with Crippen molar-refractivity contribution in [1.82, 2.24) is 4.72 Å². The monoisotopic (exact) mass is 295 g/mol. The largest absolute Gasteiger partial charge is 0.478 e. The maximum atomic E-state index is 13.4. The zero-order valence-corrected chi connectivity index (χ0v) is 10.5. The summed E-state index contributed by atoms with van der Waals surface area (Å²) in [7, 11) is -4.45. The smallest absolute Gasteiger partial charge is 0.335 e. The van der Waals surface area contributed by atoms with Gasteiger partial charge >= 0.3 is 5.97 Å². The predicted octanol–water partition coefficient (Wildman–Crippen LogP) is 0.322. The molecule has 0 aliphatic carbocycles. The second kappa shape index (κ2) is 5.59. The van der Waals surface area contributed by atoms with Crippen molar-refractivity contribution >= 4 is 16.0 Å². The average Bonchev–Trinajstić information content (AvgIpc) is 2.29. The van der Waals surface area contributed by atoms with Crippen molar-refractivity contribution in [2.75, 3.05) is 6.54 Å². The number of nitrogens with one attached hydrogen (secondary N) is 1. The number of carboxylic acid groups (broad SMARTS) is 1. The summed E-state index contributed by atoms with van der Waals surface area (Å²) in [5.41, 5.74) is -0.698. The maximum absolute atomic E-state index is 13.4. The van der Waals surface area contributed by atoms with Gasteiger partial charge in [-0.15, -0.1) is 0 Å². The molecule has 0 saturated heterocycles. The van der Waals surface area contributed by atoms with Gasteiger partial charge in [-0.1, -0.05) is 0 Å². The van der Waals surface area contributed by atoms with Gasteiger partial charge < -0.3 is 10.2 Å². The van der Waals surface area contributed by atoms with Crippen LogP contribution in [0, 0.1) is 11.6 Å². The average molecular weight is 295 g/mol. The molecule has 0 bridgehead atoms. The summed E-state index contributed by atoms with van der Waals surface area (Å²) >= 11 is 0. The molecular formula is C10H11F2NO5S. The summed E-state index contributed by atoms with van der Waals surface area (Å²) < 4.78 is 51.7. The van der Waals surface area contributed by atoms with Crippen LogP contribution in [0.5, 0.6) is 0 Å². The zero-order chi connectivity index (χ0) is 14.8. The van der Waals surface area contributed by atoms with Gasteiger partial charge in [0.1, 0.15) is 4.90 Å². The van der Waals surface area contributed by atoms with Crippen molar-refractivity contribution < 1.29 is 32.2 Å². The molecule has 3 N–H and O–H groups in total.